The zero-order valence-corrected chi connectivity index (χ0v) is 39.1. The summed E-state index contributed by atoms with van der Waals surface area (Å²) in [5.74, 6) is -3.75. The lowest BCUT2D eigenvalue weighted by molar-refractivity contribution is -0.143. The maximum absolute atomic E-state index is 13.2. The second kappa shape index (κ2) is 38.7. The van der Waals surface area contributed by atoms with Gasteiger partial charge in [-0.1, -0.05) is 12.5 Å². The SMILES string of the molecule is O=C(O)COCCOCCOCCOCCOCCOCCOCCOCCOCCOCCOCCOCCOCCCCCC(=O)Nc1cccc2c1C(=O)N(C1CCC(=O)NC1=O)C2=O. The van der Waals surface area contributed by atoms with Gasteiger partial charge in [-0.25, -0.2) is 4.79 Å². The molecule has 386 valence electrons. The van der Waals surface area contributed by atoms with Crippen LogP contribution in [0.1, 0.15) is 59.2 Å². The first-order valence-electron chi connectivity index (χ1n) is 23.2. The van der Waals surface area contributed by atoms with Gasteiger partial charge in [0.25, 0.3) is 11.8 Å². The van der Waals surface area contributed by atoms with Crippen LogP contribution in [0.2, 0.25) is 0 Å². The van der Waals surface area contributed by atoms with Crippen molar-refractivity contribution in [2.45, 2.75) is 44.6 Å². The third-order valence-electron chi connectivity index (χ3n) is 9.62. The van der Waals surface area contributed by atoms with Gasteiger partial charge in [0.15, 0.2) is 0 Å². The summed E-state index contributed by atoms with van der Waals surface area (Å²) in [5.41, 5.74) is 0.365. The molecule has 2 heterocycles. The van der Waals surface area contributed by atoms with E-state index in [1.165, 1.54) is 6.07 Å². The van der Waals surface area contributed by atoms with Crippen molar-refractivity contribution in [2.75, 3.05) is 177 Å². The maximum Gasteiger partial charge on any atom is 0.329 e. The molecule has 1 aromatic rings. The number of fused-ring (bicyclic) bond motifs is 1. The lowest BCUT2D eigenvalue weighted by Crippen LogP contribution is -2.54. The number of imide groups is 2. The largest absolute Gasteiger partial charge is 0.480 e. The Morgan fingerprint density at radius 1 is 0.529 bits per heavy atom. The quantitative estimate of drug-likeness (QED) is 0.0605. The van der Waals surface area contributed by atoms with Crippen LogP contribution < -0.4 is 10.6 Å². The Kier molecular flexibility index (Phi) is 33.2. The number of carbonyl (C=O) groups is 6. The van der Waals surface area contributed by atoms with E-state index in [1.807, 2.05) is 0 Å². The fraction of sp³-hybridized carbons (Fsp3) is 0.733. The predicted octanol–water partition coefficient (Wildman–Crippen LogP) is 0.887. The van der Waals surface area contributed by atoms with Gasteiger partial charge in [-0.15, -0.1) is 0 Å². The molecule has 3 rings (SSSR count). The molecule has 23 heteroatoms. The Morgan fingerprint density at radius 3 is 1.32 bits per heavy atom. The lowest BCUT2D eigenvalue weighted by Gasteiger charge is -2.27. The number of carboxylic acid groups (broad SMARTS) is 1. The number of carboxylic acids is 1. The predicted molar refractivity (Wildman–Crippen MR) is 238 cm³/mol. The standard InChI is InChI=1S/C45H71N3O20/c49-39(46-37-6-4-5-36-42(37)45(55)48(44(36)54)38-8-9-40(50)47-43(38)53)7-2-1-3-10-56-11-12-57-13-14-58-15-16-59-17-18-60-19-20-61-21-22-62-23-24-63-25-26-64-27-28-65-29-30-66-31-32-67-33-34-68-35-41(51)52/h4-6,38H,1-3,7-35H2,(H,46,49)(H,51,52)(H,47,50,53). The molecule has 0 spiro atoms. The Balaban J connectivity index is 0.957. The number of nitrogens with one attached hydrogen (secondary N) is 2. The number of rotatable bonds is 46. The van der Waals surface area contributed by atoms with Crippen molar-refractivity contribution in [1.29, 1.82) is 0 Å². The minimum absolute atomic E-state index is 0.0229. The summed E-state index contributed by atoms with van der Waals surface area (Å²) in [4.78, 5) is 73.9. The number of benzene rings is 1. The molecule has 5 amide bonds. The van der Waals surface area contributed by atoms with E-state index >= 15 is 0 Å². The van der Waals surface area contributed by atoms with Gasteiger partial charge < -0.3 is 72.0 Å². The van der Waals surface area contributed by atoms with Gasteiger partial charge in [-0.3, -0.25) is 34.2 Å². The first-order chi connectivity index (χ1) is 33.3. The second-order valence-electron chi connectivity index (χ2n) is 14.8. The van der Waals surface area contributed by atoms with Crippen LogP contribution in [-0.2, 0) is 80.8 Å². The Labute approximate surface area is 397 Å². The van der Waals surface area contributed by atoms with Gasteiger partial charge in [0.05, 0.1) is 175 Å². The Hall–Kier alpha value is -4.08. The molecule has 0 saturated carbocycles. The fourth-order valence-corrected chi connectivity index (χ4v) is 6.30. The molecule has 1 atom stereocenters. The monoisotopic (exact) mass is 973 g/mol. The zero-order valence-electron chi connectivity index (χ0n) is 39.1. The molecule has 23 nitrogen and oxygen atoms in total. The minimum atomic E-state index is -1.08. The molecule has 1 fully saturated rings. The number of amides is 5. The van der Waals surface area contributed by atoms with Gasteiger partial charge in [0.2, 0.25) is 17.7 Å². The normalized spacial score (nSPS) is 14.8. The summed E-state index contributed by atoms with van der Waals surface area (Å²) in [6, 6.07) is 3.51. The average Bonchev–Trinajstić information content (AvgIpc) is 3.57. The molecule has 0 aliphatic carbocycles. The minimum Gasteiger partial charge on any atom is -0.480 e. The molecule has 1 saturated heterocycles. The number of carbonyl (C=O) groups excluding carboxylic acids is 5. The van der Waals surface area contributed by atoms with Gasteiger partial charge in [-0.05, 0) is 31.4 Å². The molecule has 0 bridgehead atoms. The zero-order chi connectivity index (χ0) is 48.7. The highest BCUT2D eigenvalue weighted by Gasteiger charge is 2.45. The van der Waals surface area contributed by atoms with Crippen molar-refractivity contribution in [2.24, 2.45) is 0 Å². The smallest absolute Gasteiger partial charge is 0.329 e. The molecule has 2 aliphatic heterocycles. The molecule has 0 radical (unpaired) electrons. The van der Waals surface area contributed by atoms with E-state index in [4.69, 9.17) is 66.7 Å². The fourth-order valence-electron chi connectivity index (χ4n) is 6.30. The number of piperidine rings is 1. The summed E-state index contributed by atoms with van der Waals surface area (Å²) >= 11 is 0. The molecule has 3 N–H and O–H groups in total. The third-order valence-corrected chi connectivity index (χ3v) is 9.62. The number of anilines is 1. The Bertz CT molecular complexity index is 1590. The van der Waals surface area contributed by atoms with Crippen LogP contribution in [-0.4, -0.2) is 223 Å². The van der Waals surface area contributed by atoms with E-state index in [-0.39, 0.29) is 55.2 Å². The van der Waals surface area contributed by atoms with Crippen molar-refractivity contribution in [3.8, 4) is 0 Å². The van der Waals surface area contributed by atoms with E-state index in [0.29, 0.717) is 165 Å². The summed E-state index contributed by atoms with van der Waals surface area (Å²) in [7, 11) is 0. The van der Waals surface area contributed by atoms with Crippen molar-refractivity contribution in [1.82, 2.24) is 10.2 Å². The topological polar surface area (TPSA) is 270 Å². The highest BCUT2D eigenvalue weighted by molar-refractivity contribution is 6.26. The molecule has 68 heavy (non-hydrogen) atoms. The number of aliphatic carboxylic acids is 1. The van der Waals surface area contributed by atoms with Crippen LogP contribution in [0, 0.1) is 0 Å². The molecule has 1 unspecified atom stereocenters. The second-order valence-corrected chi connectivity index (χ2v) is 14.8. The number of unbranched alkanes of at least 4 members (excludes halogenated alkanes) is 2. The maximum atomic E-state index is 13.2. The van der Waals surface area contributed by atoms with Gasteiger partial charge in [0, 0.05) is 19.4 Å². The van der Waals surface area contributed by atoms with Gasteiger partial charge in [-0.2, -0.15) is 0 Å². The number of hydrogen-bond donors (Lipinski definition) is 3. The van der Waals surface area contributed by atoms with Crippen molar-refractivity contribution >= 4 is 41.2 Å². The number of nitrogens with zero attached hydrogens (tertiary/aromatic N) is 1. The first kappa shape index (κ1) is 58.2. The van der Waals surface area contributed by atoms with Crippen LogP contribution in [0.5, 0.6) is 0 Å². The van der Waals surface area contributed by atoms with Crippen LogP contribution in [0.4, 0.5) is 5.69 Å². The van der Waals surface area contributed by atoms with E-state index in [2.05, 4.69) is 10.6 Å². The van der Waals surface area contributed by atoms with Crippen LogP contribution >= 0.6 is 0 Å². The molecular formula is C45H71N3O20. The molecule has 0 aromatic heterocycles. The highest BCUT2D eigenvalue weighted by atomic mass is 16.6. The van der Waals surface area contributed by atoms with E-state index in [0.717, 1.165) is 17.7 Å². The Morgan fingerprint density at radius 2 is 0.926 bits per heavy atom. The van der Waals surface area contributed by atoms with Crippen LogP contribution in [0.3, 0.4) is 0 Å². The van der Waals surface area contributed by atoms with Crippen molar-refractivity contribution in [3.05, 3.63) is 29.3 Å². The summed E-state index contributed by atoms with van der Waals surface area (Å²) < 4.78 is 70.4. The highest BCUT2D eigenvalue weighted by Crippen LogP contribution is 2.32. The summed E-state index contributed by atoms with van der Waals surface area (Å²) in [6.07, 6.45) is 2.41. The molecule has 1 aromatic carbocycles. The van der Waals surface area contributed by atoms with E-state index < -0.39 is 35.6 Å². The lowest BCUT2D eigenvalue weighted by atomic mass is 10.0. The molecule has 2 aliphatic rings. The van der Waals surface area contributed by atoms with E-state index in [1.54, 1.807) is 12.1 Å². The van der Waals surface area contributed by atoms with Crippen molar-refractivity contribution in [3.63, 3.8) is 0 Å². The average molecular weight is 974 g/mol. The molecular weight excluding hydrogens is 902 g/mol. The summed E-state index contributed by atoms with van der Waals surface area (Å²) in [6.45, 7) is 10.6. The first-order valence-corrected chi connectivity index (χ1v) is 23.2. The summed E-state index contributed by atoms with van der Waals surface area (Å²) in [5, 5.41) is 13.4. The van der Waals surface area contributed by atoms with Crippen LogP contribution in [0.15, 0.2) is 18.2 Å². The van der Waals surface area contributed by atoms with Crippen LogP contribution in [0.25, 0.3) is 0 Å². The van der Waals surface area contributed by atoms with Gasteiger partial charge >= 0.3 is 5.97 Å². The van der Waals surface area contributed by atoms with E-state index in [9.17, 15) is 28.8 Å². The third kappa shape index (κ3) is 26.6. The number of hydrogen-bond acceptors (Lipinski definition) is 19. The number of ether oxygens (including phenoxy) is 13. The van der Waals surface area contributed by atoms with Gasteiger partial charge in [0.1, 0.15) is 12.6 Å². The van der Waals surface area contributed by atoms with Crippen molar-refractivity contribution < 1.29 is 95.5 Å².